The molecule has 0 atom stereocenters. The van der Waals surface area contributed by atoms with Gasteiger partial charge in [-0.05, 0) is 36.4 Å². The molecule has 0 bridgehead atoms. The number of carbonyl (C=O) groups excluding carboxylic acids is 1. The normalized spacial score (nSPS) is 14.3. The van der Waals surface area contributed by atoms with Gasteiger partial charge in [-0.15, -0.1) is 0 Å². The third-order valence-electron chi connectivity index (χ3n) is 5.82. The minimum Gasteiger partial charge on any atom is -0.457 e. The minimum absolute atomic E-state index is 0.151. The molecule has 0 spiro atoms. The van der Waals surface area contributed by atoms with Crippen LogP contribution in [0.15, 0.2) is 72.8 Å². The van der Waals surface area contributed by atoms with Crippen LogP contribution in [0.4, 0.5) is 9.52 Å². The molecule has 1 aromatic heterocycles. The van der Waals surface area contributed by atoms with Crippen LogP contribution in [-0.2, 0) is 0 Å². The number of carbonyl (C=O) groups is 1. The van der Waals surface area contributed by atoms with Crippen molar-refractivity contribution in [1.29, 1.82) is 0 Å². The first-order valence-electron chi connectivity index (χ1n) is 11.3. The number of nitrogens with one attached hydrogen (secondary N) is 1. The Hall–Kier alpha value is -3.49. The van der Waals surface area contributed by atoms with Crippen LogP contribution in [0.3, 0.4) is 0 Å². The maximum absolute atomic E-state index is 14.0. The number of hydrogen-bond donors (Lipinski definition) is 1. The second-order valence-electron chi connectivity index (χ2n) is 8.08. The molecule has 4 aromatic rings. The van der Waals surface area contributed by atoms with E-state index in [-0.39, 0.29) is 11.7 Å². The molecule has 1 N–H and O–H groups in total. The van der Waals surface area contributed by atoms with Crippen molar-refractivity contribution in [2.45, 2.75) is 0 Å². The number of para-hydroxylation sites is 3. The molecule has 1 aliphatic heterocycles. The monoisotopic (exact) mass is 476 g/mol. The van der Waals surface area contributed by atoms with Crippen LogP contribution >= 0.6 is 11.3 Å². The lowest BCUT2D eigenvalue weighted by Crippen LogP contribution is -2.48. The number of hydrogen-bond acceptors (Lipinski definition) is 6. The van der Waals surface area contributed by atoms with Crippen molar-refractivity contribution in [3.63, 3.8) is 0 Å². The Morgan fingerprint density at radius 2 is 1.74 bits per heavy atom. The first-order chi connectivity index (χ1) is 16.7. The highest BCUT2D eigenvalue weighted by molar-refractivity contribution is 7.22. The zero-order chi connectivity index (χ0) is 23.3. The average Bonchev–Trinajstić information content (AvgIpc) is 3.31. The average molecular weight is 477 g/mol. The Balaban J connectivity index is 1.12. The van der Waals surface area contributed by atoms with Gasteiger partial charge in [0.25, 0.3) is 5.91 Å². The summed E-state index contributed by atoms with van der Waals surface area (Å²) in [7, 11) is 0. The zero-order valence-corrected chi connectivity index (χ0v) is 19.4. The Morgan fingerprint density at radius 1 is 0.971 bits per heavy atom. The van der Waals surface area contributed by atoms with Crippen molar-refractivity contribution >= 4 is 32.6 Å². The standard InChI is InChI=1S/C26H25FN4O2S/c27-21-10-6-12-23-24(21)29-26(34-23)31-17-15-30(16-18-31)14-13-28-25(32)20-9-4-5-11-22(20)33-19-7-2-1-3-8-19/h1-12H,13-18H2,(H,28,32). The summed E-state index contributed by atoms with van der Waals surface area (Å²) in [6, 6.07) is 21.8. The molecule has 5 rings (SSSR count). The Morgan fingerprint density at radius 3 is 2.53 bits per heavy atom. The molecule has 174 valence electrons. The lowest BCUT2D eigenvalue weighted by Gasteiger charge is -2.34. The lowest BCUT2D eigenvalue weighted by molar-refractivity contribution is 0.0945. The van der Waals surface area contributed by atoms with Crippen molar-refractivity contribution in [2.75, 3.05) is 44.2 Å². The summed E-state index contributed by atoms with van der Waals surface area (Å²) < 4.78 is 20.7. The fourth-order valence-corrected chi connectivity index (χ4v) is 5.01. The molecule has 1 amide bonds. The molecular weight excluding hydrogens is 451 g/mol. The molecule has 34 heavy (non-hydrogen) atoms. The molecule has 1 saturated heterocycles. The second-order valence-corrected chi connectivity index (χ2v) is 9.09. The van der Waals surface area contributed by atoms with Crippen molar-refractivity contribution in [1.82, 2.24) is 15.2 Å². The zero-order valence-electron chi connectivity index (χ0n) is 18.6. The molecule has 8 heteroatoms. The van der Waals surface area contributed by atoms with Gasteiger partial charge in [-0.1, -0.05) is 47.7 Å². The van der Waals surface area contributed by atoms with E-state index in [1.807, 2.05) is 48.5 Å². The Labute approximate surface area is 201 Å². The molecule has 1 fully saturated rings. The van der Waals surface area contributed by atoms with E-state index in [4.69, 9.17) is 4.74 Å². The van der Waals surface area contributed by atoms with Crippen LogP contribution in [0.2, 0.25) is 0 Å². The molecule has 0 saturated carbocycles. The van der Waals surface area contributed by atoms with Gasteiger partial charge in [-0.2, -0.15) is 0 Å². The van der Waals surface area contributed by atoms with E-state index in [2.05, 4.69) is 20.1 Å². The highest BCUT2D eigenvalue weighted by atomic mass is 32.1. The highest BCUT2D eigenvalue weighted by Gasteiger charge is 2.21. The predicted octanol–water partition coefficient (Wildman–Crippen LogP) is 4.78. The van der Waals surface area contributed by atoms with Crippen LogP contribution in [0, 0.1) is 5.82 Å². The van der Waals surface area contributed by atoms with E-state index in [0.29, 0.717) is 29.1 Å². The van der Waals surface area contributed by atoms with Crippen LogP contribution in [0.1, 0.15) is 10.4 Å². The van der Waals surface area contributed by atoms with E-state index in [1.165, 1.54) is 17.4 Å². The third-order valence-corrected chi connectivity index (χ3v) is 6.90. The number of benzene rings is 3. The molecule has 0 unspecified atom stereocenters. The minimum atomic E-state index is -0.273. The number of ether oxygens (including phenoxy) is 1. The number of fused-ring (bicyclic) bond motifs is 1. The van der Waals surface area contributed by atoms with E-state index >= 15 is 0 Å². The van der Waals surface area contributed by atoms with Crippen molar-refractivity contribution < 1.29 is 13.9 Å². The molecule has 6 nitrogen and oxygen atoms in total. The summed E-state index contributed by atoms with van der Waals surface area (Å²) in [6.45, 7) is 4.68. The van der Waals surface area contributed by atoms with Gasteiger partial charge in [0.2, 0.25) is 0 Å². The summed E-state index contributed by atoms with van der Waals surface area (Å²) in [5.74, 6) is 0.801. The third kappa shape index (κ3) is 5.03. The molecule has 0 radical (unpaired) electrons. The molecule has 0 aliphatic carbocycles. The maximum atomic E-state index is 14.0. The molecule has 2 heterocycles. The van der Waals surface area contributed by atoms with Crippen LogP contribution < -0.4 is 15.0 Å². The fraction of sp³-hybridized carbons (Fsp3) is 0.231. The lowest BCUT2D eigenvalue weighted by atomic mass is 10.2. The second kappa shape index (κ2) is 10.2. The van der Waals surface area contributed by atoms with Crippen LogP contribution in [-0.4, -0.2) is 55.1 Å². The first-order valence-corrected chi connectivity index (χ1v) is 12.1. The topological polar surface area (TPSA) is 57.7 Å². The molecule has 3 aromatic carbocycles. The van der Waals surface area contributed by atoms with Gasteiger partial charge < -0.3 is 15.0 Å². The van der Waals surface area contributed by atoms with E-state index < -0.39 is 0 Å². The number of nitrogens with zero attached hydrogens (tertiary/aromatic N) is 3. The maximum Gasteiger partial charge on any atom is 0.255 e. The van der Waals surface area contributed by atoms with Gasteiger partial charge >= 0.3 is 0 Å². The fourth-order valence-electron chi connectivity index (χ4n) is 3.98. The Bertz CT molecular complexity index is 1270. The summed E-state index contributed by atoms with van der Waals surface area (Å²) in [4.78, 5) is 21.8. The number of halogens is 1. The number of amides is 1. The van der Waals surface area contributed by atoms with Gasteiger partial charge in [0, 0.05) is 39.3 Å². The number of thiazole rings is 1. The van der Waals surface area contributed by atoms with E-state index in [1.54, 1.807) is 18.2 Å². The van der Waals surface area contributed by atoms with Gasteiger partial charge in [-0.25, -0.2) is 9.37 Å². The summed E-state index contributed by atoms with van der Waals surface area (Å²) in [5.41, 5.74) is 0.961. The number of piperazine rings is 1. The summed E-state index contributed by atoms with van der Waals surface area (Å²) in [5, 5.41) is 3.88. The van der Waals surface area contributed by atoms with Crippen molar-refractivity contribution in [3.05, 3.63) is 84.2 Å². The SMILES string of the molecule is O=C(NCCN1CCN(c2nc3c(F)cccc3s2)CC1)c1ccccc1Oc1ccccc1. The summed E-state index contributed by atoms with van der Waals surface area (Å²) >= 11 is 1.53. The predicted molar refractivity (Wildman–Crippen MR) is 134 cm³/mol. The van der Waals surface area contributed by atoms with Gasteiger partial charge in [0.05, 0.1) is 10.3 Å². The number of aromatic nitrogens is 1. The highest BCUT2D eigenvalue weighted by Crippen LogP contribution is 2.30. The quantitative estimate of drug-likeness (QED) is 0.416. The van der Waals surface area contributed by atoms with Gasteiger partial charge in [0.1, 0.15) is 22.8 Å². The van der Waals surface area contributed by atoms with Gasteiger partial charge in [-0.3, -0.25) is 9.69 Å². The molecular formula is C26H25FN4O2S. The number of anilines is 1. The van der Waals surface area contributed by atoms with Crippen LogP contribution in [0.5, 0.6) is 11.5 Å². The van der Waals surface area contributed by atoms with Crippen LogP contribution in [0.25, 0.3) is 10.2 Å². The van der Waals surface area contributed by atoms with E-state index in [9.17, 15) is 9.18 Å². The smallest absolute Gasteiger partial charge is 0.255 e. The van der Waals surface area contributed by atoms with Crippen molar-refractivity contribution in [2.24, 2.45) is 0 Å². The number of rotatable bonds is 7. The molecule has 1 aliphatic rings. The largest absolute Gasteiger partial charge is 0.457 e. The van der Waals surface area contributed by atoms with Gasteiger partial charge in [0.15, 0.2) is 5.13 Å². The summed E-state index contributed by atoms with van der Waals surface area (Å²) in [6.07, 6.45) is 0. The van der Waals surface area contributed by atoms with Crippen molar-refractivity contribution in [3.8, 4) is 11.5 Å². The first kappa shape index (κ1) is 22.3. The van der Waals surface area contributed by atoms with E-state index in [0.717, 1.165) is 42.6 Å². The Kier molecular flexibility index (Phi) is 6.69.